The minimum absolute atomic E-state index is 0.118. The SMILES string of the molecule is CCc1nc(COc2cccc(C(=O)NC)c2)cs1. The number of aromatic nitrogens is 1. The first-order valence-electron chi connectivity index (χ1n) is 6.11. The van der Waals surface area contributed by atoms with Crippen molar-refractivity contribution in [1.29, 1.82) is 0 Å². The van der Waals surface area contributed by atoms with Gasteiger partial charge in [-0.1, -0.05) is 13.0 Å². The average molecular weight is 276 g/mol. The molecule has 4 nitrogen and oxygen atoms in total. The first kappa shape index (κ1) is 13.5. The molecular weight excluding hydrogens is 260 g/mol. The summed E-state index contributed by atoms with van der Waals surface area (Å²) in [5, 5.41) is 5.70. The van der Waals surface area contributed by atoms with Crippen LogP contribution in [0.1, 0.15) is 28.0 Å². The standard InChI is InChI=1S/C14H16N2O2S/c1-3-13-16-11(9-19-13)8-18-12-6-4-5-10(7-12)14(17)15-2/h4-7,9H,3,8H2,1-2H3,(H,15,17). The van der Waals surface area contributed by atoms with Crippen LogP contribution in [0.2, 0.25) is 0 Å². The Bertz CT molecular complexity index is 566. The molecule has 0 saturated carbocycles. The Balaban J connectivity index is 2.01. The zero-order valence-corrected chi connectivity index (χ0v) is 11.8. The minimum atomic E-state index is -0.118. The van der Waals surface area contributed by atoms with Crippen LogP contribution >= 0.6 is 11.3 Å². The lowest BCUT2D eigenvalue weighted by Gasteiger charge is -2.06. The van der Waals surface area contributed by atoms with Crippen LogP contribution in [-0.4, -0.2) is 17.9 Å². The Labute approximate surface area is 116 Å². The van der Waals surface area contributed by atoms with E-state index in [1.54, 1.807) is 36.6 Å². The summed E-state index contributed by atoms with van der Waals surface area (Å²) in [5.41, 5.74) is 1.51. The van der Waals surface area contributed by atoms with Crippen molar-refractivity contribution in [2.45, 2.75) is 20.0 Å². The molecule has 1 heterocycles. The number of amides is 1. The predicted molar refractivity (Wildman–Crippen MR) is 75.7 cm³/mol. The molecule has 0 radical (unpaired) electrons. The van der Waals surface area contributed by atoms with Crippen LogP contribution < -0.4 is 10.1 Å². The molecule has 0 saturated heterocycles. The Morgan fingerprint density at radius 3 is 3.00 bits per heavy atom. The fourth-order valence-corrected chi connectivity index (χ4v) is 2.34. The van der Waals surface area contributed by atoms with E-state index in [0.29, 0.717) is 17.9 Å². The molecule has 0 unspecified atom stereocenters. The van der Waals surface area contributed by atoms with Crippen molar-refractivity contribution in [1.82, 2.24) is 10.3 Å². The molecule has 0 spiro atoms. The van der Waals surface area contributed by atoms with Crippen LogP contribution in [-0.2, 0) is 13.0 Å². The molecule has 1 amide bonds. The summed E-state index contributed by atoms with van der Waals surface area (Å²) >= 11 is 1.64. The molecule has 1 aromatic carbocycles. The first-order chi connectivity index (χ1) is 9.22. The molecule has 0 aliphatic heterocycles. The number of nitrogens with zero attached hydrogens (tertiary/aromatic N) is 1. The van der Waals surface area contributed by atoms with Gasteiger partial charge in [0, 0.05) is 18.0 Å². The van der Waals surface area contributed by atoms with E-state index in [1.807, 2.05) is 11.4 Å². The zero-order valence-electron chi connectivity index (χ0n) is 11.0. The van der Waals surface area contributed by atoms with Gasteiger partial charge in [-0.2, -0.15) is 0 Å². The second-order valence-electron chi connectivity index (χ2n) is 3.98. The maximum absolute atomic E-state index is 11.5. The highest BCUT2D eigenvalue weighted by Gasteiger charge is 2.05. The maximum Gasteiger partial charge on any atom is 0.251 e. The highest BCUT2D eigenvalue weighted by Crippen LogP contribution is 2.16. The normalized spacial score (nSPS) is 10.2. The molecule has 2 aromatic rings. The van der Waals surface area contributed by atoms with Crippen LogP contribution in [0.4, 0.5) is 0 Å². The zero-order chi connectivity index (χ0) is 13.7. The number of carbonyl (C=O) groups excluding carboxylic acids is 1. The fraction of sp³-hybridized carbons (Fsp3) is 0.286. The van der Waals surface area contributed by atoms with Crippen molar-refractivity contribution < 1.29 is 9.53 Å². The van der Waals surface area contributed by atoms with E-state index in [4.69, 9.17) is 4.74 Å². The molecule has 0 atom stereocenters. The maximum atomic E-state index is 11.5. The van der Waals surface area contributed by atoms with Gasteiger partial charge in [-0.05, 0) is 24.6 Å². The molecule has 19 heavy (non-hydrogen) atoms. The van der Waals surface area contributed by atoms with Crippen molar-refractivity contribution in [2.75, 3.05) is 7.05 Å². The third kappa shape index (κ3) is 3.54. The van der Waals surface area contributed by atoms with Gasteiger partial charge in [-0.25, -0.2) is 4.98 Å². The van der Waals surface area contributed by atoms with Crippen molar-refractivity contribution in [3.63, 3.8) is 0 Å². The summed E-state index contributed by atoms with van der Waals surface area (Å²) in [5.74, 6) is 0.555. The molecule has 100 valence electrons. The molecule has 5 heteroatoms. The Morgan fingerprint density at radius 2 is 2.32 bits per heavy atom. The quantitative estimate of drug-likeness (QED) is 0.913. The highest BCUT2D eigenvalue weighted by atomic mass is 32.1. The Kier molecular flexibility index (Phi) is 4.52. The van der Waals surface area contributed by atoms with Gasteiger partial charge in [0.2, 0.25) is 0 Å². The Hall–Kier alpha value is -1.88. The Morgan fingerprint density at radius 1 is 1.47 bits per heavy atom. The van der Waals surface area contributed by atoms with E-state index in [0.717, 1.165) is 17.1 Å². The smallest absolute Gasteiger partial charge is 0.251 e. The number of hydrogen-bond acceptors (Lipinski definition) is 4. The monoisotopic (exact) mass is 276 g/mol. The number of aryl methyl sites for hydroxylation is 1. The van der Waals surface area contributed by atoms with E-state index in [-0.39, 0.29) is 5.91 Å². The highest BCUT2D eigenvalue weighted by molar-refractivity contribution is 7.09. The van der Waals surface area contributed by atoms with E-state index >= 15 is 0 Å². The summed E-state index contributed by atoms with van der Waals surface area (Å²) in [7, 11) is 1.61. The number of ether oxygens (including phenoxy) is 1. The van der Waals surface area contributed by atoms with Crippen LogP contribution in [0.25, 0.3) is 0 Å². The van der Waals surface area contributed by atoms with E-state index in [1.165, 1.54) is 0 Å². The van der Waals surface area contributed by atoms with Crippen LogP contribution in [0.3, 0.4) is 0 Å². The van der Waals surface area contributed by atoms with Gasteiger partial charge in [0.1, 0.15) is 12.4 Å². The van der Waals surface area contributed by atoms with Gasteiger partial charge in [-0.3, -0.25) is 4.79 Å². The van der Waals surface area contributed by atoms with Gasteiger partial charge < -0.3 is 10.1 Å². The van der Waals surface area contributed by atoms with Gasteiger partial charge in [0.05, 0.1) is 10.7 Å². The van der Waals surface area contributed by atoms with Crippen molar-refractivity contribution in [3.8, 4) is 5.75 Å². The lowest BCUT2D eigenvalue weighted by Crippen LogP contribution is -2.17. The molecule has 0 fully saturated rings. The molecule has 1 aromatic heterocycles. The summed E-state index contributed by atoms with van der Waals surface area (Å²) in [6.07, 6.45) is 0.941. The molecule has 0 aliphatic rings. The summed E-state index contributed by atoms with van der Waals surface area (Å²) < 4.78 is 5.65. The topological polar surface area (TPSA) is 51.2 Å². The summed E-state index contributed by atoms with van der Waals surface area (Å²) in [6, 6.07) is 7.12. The van der Waals surface area contributed by atoms with Crippen LogP contribution in [0, 0.1) is 0 Å². The largest absolute Gasteiger partial charge is 0.487 e. The molecular formula is C14H16N2O2S. The second kappa shape index (κ2) is 6.33. The van der Waals surface area contributed by atoms with Crippen molar-refractivity contribution >= 4 is 17.2 Å². The predicted octanol–water partition coefficient (Wildman–Crippen LogP) is 2.64. The first-order valence-corrected chi connectivity index (χ1v) is 6.99. The third-order valence-electron chi connectivity index (χ3n) is 2.61. The molecule has 2 rings (SSSR count). The molecule has 1 N–H and O–H groups in total. The lowest BCUT2D eigenvalue weighted by molar-refractivity contribution is 0.0962. The van der Waals surface area contributed by atoms with Crippen molar-refractivity contribution in [3.05, 3.63) is 45.9 Å². The number of rotatable bonds is 5. The second-order valence-corrected chi connectivity index (χ2v) is 4.92. The molecule has 0 bridgehead atoms. The fourth-order valence-electron chi connectivity index (χ4n) is 1.61. The van der Waals surface area contributed by atoms with Gasteiger partial charge in [0.25, 0.3) is 5.91 Å². The molecule has 0 aliphatic carbocycles. The van der Waals surface area contributed by atoms with Crippen molar-refractivity contribution in [2.24, 2.45) is 0 Å². The number of carbonyl (C=O) groups is 1. The van der Waals surface area contributed by atoms with Crippen LogP contribution in [0.5, 0.6) is 5.75 Å². The average Bonchev–Trinajstić information content (AvgIpc) is 2.92. The van der Waals surface area contributed by atoms with Gasteiger partial charge >= 0.3 is 0 Å². The van der Waals surface area contributed by atoms with Gasteiger partial charge in [0.15, 0.2) is 0 Å². The third-order valence-corrected chi connectivity index (χ3v) is 3.65. The number of nitrogens with one attached hydrogen (secondary N) is 1. The van der Waals surface area contributed by atoms with E-state index in [9.17, 15) is 4.79 Å². The van der Waals surface area contributed by atoms with Gasteiger partial charge in [-0.15, -0.1) is 11.3 Å². The lowest BCUT2D eigenvalue weighted by atomic mass is 10.2. The summed E-state index contributed by atoms with van der Waals surface area (Å²) in [6.45, 7) is 2.50. The van der Waals surface area contributed by atoms with E-state index < -0.39 is 0 Å². The number of hydrogen-bond donors (Lipinski definition) is 1. The summed E-state index contributed by atoms with van der Waals surface area (Å²) in [4.78, 5) is 15.9. The number of benzene rings is 1. The van der Waals surface area contributed by atoms with Crippen LogP contribution in [0.15, 0.2) is 29.6 Å². The van der Waals surface area contributed by atoms with E-state index in [2.05, 4.69) is 17.2 Å². The minimum Gasteiger partial charge on any atom is -0.487 e. The number of thiazole rings is 1.